The van der Waals surface area contributed by atoms with Gasteiger partial charge in [-0.15, -0.1) is 0 Å². The van der Waals surface area contributed by atoms with Crippen LogP contribution >= 0.6 is 0 Å². The highest BCUT2D eigenvalue weighted by atomic mass is 19.4. The van der Waals surface area contributed by atoms with Crippen LogP contribution in [0.1, 0.15) is 28.8 Å². The maximum atomic E-state index is 12.8. The summed E-state index contributed by atoms with van der Waals surface area (Å²) in [6.45, 7) is 0.588. The second-order valence-electron chi connectivity index (χ2n) is 6.07. The number of rotatable bonds is 4. The lowest BCUT2D eigenvalue weighted by molar-refractivity contribution is -0.137. The standard InChI is InChI=1S/C19H17F3N2O3/c1-27-16-11-14(7-8-15(16)24-9-3-6-17(24)25)23-18(26)12-4-2-5-13(10-12)19(20,21)22/h2,4-5,7-8,10-11H,3,6,9H2,1H3,(H,23,26). The summed E-state index contributed by atoms with van der Waals surface area (Å²) in [5.41, 5.74) is -0.0556. The van der Waals surface area contributed by atoms with Crippen LogP contribution in [0.4, 0.5) is 24.5 Å². The number of hydrogen-bond acceptors (Lipinski definition) is 3. The summed E-state index contributed by atoms with van der Waals surface area (Å²) in [6.07, 6.45) is -3.30. The SMILES string of the molecule is COc1cc(NC(=O)c2cccc(C(F)(F)F)c2)ccc1N1CCCC1=O. The molecule has 1 saturated heterocycles. The third kappa shape index (κ3) is 4.05. The average molecular weight is 378 g/mol. The zero-order valence-corrected chi connectivity index (χ0v) is 14.5. The van der Waals surface area contributed by atoms with Crippen LogP contribution in [-0.2, 0) is 11.0 Å². The smallest absolute Gasteiger partial charge is 0.416 e. The first-order valence-electron chi connectivity index (χ1n) is 8.26. The molecule has 2 amide bonds. The molecular formula is C19H17F3N2O3. The third-order valence-corrected chi connectivity index (χ3v) is 4.25. The third-order valence-electron chi connectivity index (χ3n) is 4.25. The zero-order chi connectivity index (χ0) is 19.6. The van der Waals surface area contributed by atoms with Crippen LogP contribution in [0.3, 0.4) is 0 Å². The van der Waals surface area contributed by atoms with E-state index >= 15 is 0 Å². The predicted molar refractivity (Wildman–Crippen MR) is 94.0 cm³/mol. The summed E-state index contributed by atoms with van der Waals surface area (Å²) in [5, 5.41) is 2.55. The Kier molecular flexibility index (Phi) is 5.07. The molecule has 0 unspecified atom stereocenters. The lowest BCUT2D eigenvalue weighted by Gasteiger charge is -2.19. The van der Waals surface area contributed by atoms with Gasteiger partial charge in [-0.25, -0.2) is 0 Å². The number of alkyl halides is 3. The van der Waals surface area contributed by atoms with Crippen molar-refractivity contribution in [2.24, 2.45) is 0 Å². The fourth-order valence-corrected chi connectivity index (χ4v) is 2.92. The molecule has 5 nitrogen and oxygen atoms in total. The van der Waals surface area contributed by atoms with E-state index in [0.29, 0.717) is 30.1 Å². The molecule has 142 valence electrons. The molecule has 1 aliphatic rings. The fourth-order valence-electron chi connectivity index (χ4n) is 2.92. The first-order chi connectivity index (χ1) is 12.8. The summed E-state index contributed by atoms with van der Waals surface area (Å²) >= 11 is 0. The quantitative estimate of drug-likeness (QED) is 0.872. The van der Waals surface area contributed by atoms with Gasteiger partial charge in [0.15, 0.2) is 0 Å². The van der Waals surface area contributed by atoms with Crippen LogP contribution in [0.15, 0.2) is 42.5 Å². The summed E-state index contributed by atoms with van der Waals surface area (Å²) in [6, 6.07) is 8.94. The first-order valence-corrected chi connectivity index (χ1v) is 8.26. The van der Waals surface area contributed by atoms with Gasteiger partial charge in [0.1, 0.15) is 5.75 Å². The van der Waals surface area contributed by atoms with E-state index in [4.69, 9.17) is 4.74 Å². The normalized spacial score (nSPS) is 14.4. The topological polar surface area (TPSA) is 58.6 Å². The molecule has 0 atom stereocenters. The minimum Gasteiger partial charge on any atom is -0.494 e. The van der Waals surface area contributed by atoms with Crippen molar-refractivity contribution in [3.8, 4) is 5.75 Å². The first kappa shape index (κ1) is 18.8. The number of amides is 2. The summed E-state index contributed by atoms with van der Waals surface area (Å²) < 4.78 is 43.7. The van der Waals surface area contributed by atoms with Gasteiger partial charge in [-0.3, -0.25) is 9.59 Å². The van der Waals surface area contributed by atoms with Crippen LogP contribution in [0.2, 0.25) is 0 Å². The Balaban J connectivity index is 1.81. The average Bonchev–Trinajstić information content (AvgIpc) is 3.06. The van der Waals surface area contributed by atoms with Crippen molar-refractivity contribution in [3.63, 3.8) is 0 Å². The number of nitrogens with one attached hydrogen (secondary N) is 1. The van der Waals surface area contributed by atoms with Gasteiger partial charge in [0, 0.05) is 30.3 Å². The summed E-state index contributed by atoms with van der Waals surface area (Å²) in [7, 11) is 1.44. The molecule has 2 aromatic carbocycles. The molecule has 1 aliphatic heterocycles. The minimum atomic E-state index is -4.52. The van der Waals surface area contributed by atoms with Crippen molar-refractivity contribution in [3.05, 3.63) is 53.6 Å². The minimum absolute atomic E-state index is 0.00551. The monoisotopic (exact) mass is 378 g/mol. The number of ether oxygens (including phenoxy) is 1. The van der Waals surface area contributed by atoms with Crippen molar-refractivity contribution < 1.29 is 27.5 Å². The van der Waals surface area contributed by atoms with Crippen molar-refractivity contribution in [2.45, 2.75) is 19.0 Å². The molecular weight excluding hydrogens is 361 g/mol. The Morgan fingerprint density at radius 3 is 2.59 bits per heavy atom. The van der Waals surface area contributed by atoms with E-state index in [1.165, 1.54) is 25.3 Å². The molecule has 1 fully saturated rings. The second kappa shape index (κ2) is 7.30. The number of carbonyl (C=O) groups is 2. The van der Waals surface area contributed by atoms with Crippen LogP contribution < -0.4 is 15.0 Å². The Labute approximate surface area is 153 Å². The van der Waals surface area contributed by atoms with E-state index in [-0.39, 0.29) is 11.5 Å². The van der Waals surface area contributed by atoms with Crippen LogP contribution in [0, 0.1) is 0 Å². The lowest BCUT2D eigenvalue weighted by atomic mass is 10.1. The molecule has 1 N–H and O–H groups in total. The van der Waals surface area contributed by atoms with Crippen molar-refractivity contribution >= 4 is 23.2 Å². The van der Waals surface area contributed by atoms with Gasteiger partial charge in [0.05, 0.1) is 18.4 Å². The number of nitrogens with zero attached hydrogens (tertiary/aromatic N) is 1. The van der Waals surface area contributed by atoms with E-state index in [1.807, 2.05) is 0 Å². The van der Waals surface area contributed by atoms with E-state index in [0.717, 1.165) is 18.6 Å². The molecule has 3 rings (SSSR count). The highest BCUT2D eigenvalue weighted by Crippen LogP contribution is 2.34. The Bertz CT molecular complexity index is 881. The van der Waals surface area contributed by atoms with Gasteiger partial charge in [-0.2, -0.15) is 13.2 Å². The van der Waals surface area contributed by atoms with Gasteiger partial charge in [0.25, 0.3) is 5.91 Å². The van der Waals surface area contributed by atoms with Gasteiger partial charge >= 0.3 is 6.18 Å². The Morgan fingerprint density at radius 2 is 1.96 bits per heavy atom. The van der Waals surface area contributed by atoms with Gasteiger partial charge < -0.3 is 15.0 Å². The van der Waals surface area contributed by atoms with Crippen molar-refractivity contribution in [1.29, 1.82) is 0 Å². The van der Waals surface area contributed by atoms with Crippen molar-refractivity contribution in [2.75, 3.05) is 23.9 Å². The van der Waals surface area contributed by atoms with Gasteiger partial charge in [-0.1, -0.05) is 6.07 Å². The summed E-state index contributed by atoms with van der Waals surface area (Å²) in [4.78, 5) is 25.8. The predicted octanol–water partition coefficient (Wildman–Crippen LogP) is 4.09. The molecule has 27 heavy (non-hydrogen) atoms. The molecule has 0 aromatic heterocycles. The summed E-state index contributed by atoms with van der Waals surface area (Å²) in [5.74, 6) is -0.283. The molecule has 2 aromatic rings. The number of halogens is 3. The number of methoxy groups -OCH3 is 1. The number of benzene rings is 2. The Hall–Kier alpha value is -3.03. The largest absolute Gasteiger partial charge is 0.494 e. The van der Waals surface area contributed by atoms with Gasteiger partial charge in [0.2, 0.25) is 5.91 Å². The molecule has 0 radical (unpaired) electrons. The van der Waals surface area contributed by atoms with E-state index < -0.39 is 17.6 Å². The molecule has 0 bridgehead atoms. The number of anilines is 2. The number of hydrogen-bond donors (Lipinski definition) is 1. The van der Waals surface area contributed by atoms with Crippen LogP contribution in [-0.4, -0.2) is 25.5 Å². The molecule has 8 heteroatoms. The lowest BCUT2D eigenvalue weighted by Crippen LogP contribution is -2.24. The van der Waals surface area contributed by atoms with E-state index in [9.17, 15) is 22.8 Å². The fraction of sp³-hybridized carbons (Fsp3) is 0.263. The van der Waals surface area contributed by atoms with E-state index in [1.54, 1.807) is 17.0 Å². The second-order valence-corrected chi connectivity index (χ2v) is 6.07. The maximum absolute atomic E-state index is 12.8. The van der Waals surface area contributed by atoms with Crippen molar-refractivity contribution in [1.82, 2.24) is 0 Å². The van der Waals surface area contributed by atoms with Gasteiger partial charge in [-0.05, 0) is 36.8 Å². The molecule has 0 spiro atoms. The number of carbonyl (C=O) groups excluding carboxylic acids is 2. The van der Waals surface area contributed by atoms with E-state index in [2.05, 4.69) is 5.32 Å². The zero-order valence-electron chi connectivity index (χ0n) is 14.5. The molecule has 1 heterocycles. The highest BCUT2D eigenvalue weighted by Gasteiger charge is 2.31. The van der Waals surface area contributed by atoms with Crippen LogP contribution in [0.25, 0.3) is 0 Å². The Morgan fingerprint density at radius 1 is 1.19 bits per heavy atom. The highest BCUT2D eigenvalue weighted by molar-refractivity contribution is 6.05. The molecule has 0 saturated carbocycles. The molecule has 0 aliphatic carbocycles. The van der Waals surface area contributed by atoms with Crippen LogP contribution in [0.5, 0.6) is 5.75 Å². The maximum Gasteiger partial charge on any atom is 0.416 e.